The van der Waals surface area contributed by atoms with Gasteiger partial charge in [-0.3, -0.25) is 0 Å². The van der Waals surface area contributed by atoms with Gasteiger partial charge in [0.25, 0.3) is 0 Å². The molecule has 0 radical (unpaired) electrons. The van der Waals surface area contributed by atoms with Crippen LogP contribution in [0, 0.1) is 17.8 Å². The lowest BCUT2D eigenvalue weighted by Gasteiger charge is -2.51. The maximum atomic E-state index is 10.5. The minimum absolute atomic E-state index is 0.281. The summed E-state index contributed by atoms with van der Waals surface area (Å²) >= 11 is 0. The van der Waals surface area contributed by atoms with E-state index in [0.717, 1.165) is 25.7 Å². The molecule has 2 aliphatic carbocycles. The molecule has 1 saturated carbocycles. The molecule has 2 N–H and O–H groups in total. The molecular formula is C15H26O2. The van der Waals surface area contributed by atoms with E-state index in [-0.39, 0.29) is 5.92 Å². The highest BCUT2D eigenvalue weighted by Crippen LogP contribution is 2.50. The Kier molecular flexibility index (Phi) is 3.16. The van der Waals surface area contributed by atoms with E-state index in [1.54, 1.807) is 0 Å². The summed E-state index contributed by atoms with van der Waals surface area (Å²) in [5.41, 5.74) is 0.218. The maximum Gasteiger partial charge on any atom is 0.0653 e. The molecule has 2 nitrogen and oxygen atoms in total. The van der Waals surface area contributed by atoms with Crippen molar-refractivity contribution >= 4 is 0 Å². The first-order valence-electron chi connectivity index (χ1n) is 6.84. The van der Waals surface area contributed by atoms with Crippen molar-refractivity contribution in [3.63, 3.8) is 0 Å². The summed E-state index contributed by atoms with van der Waals surface area (Å²) in [6.07, 6.45) is 6.20. The maximum absolute atomic E-state index is 10.5. The van der Waals surface area contributed by atoms with Crippen molar-refractivity contribution < 1.29 is 10.2 Å². The topological polar surface area (TPSA) is 40.5 Å². The quantitative estimate of drug-likeness (QED) is 0.690. The average molecular weight is 238 g/mol. The molecule has 0 aliphatic heterocycles. The molecule has 2 aliphatic rings. The molecule has 0 unspecified atom stereocenters. The minimum atomic E-state index is -0.645. The fourth-order valence-electron chi connectivity index (χ4n) is 3.88. The van der Waals surface area contributed by atoms with E-state index in [1.807, 2.05) is 20.8 Å². The fourth-order valence-corrected chi connectivity index (χ4v) is 3.88. The van der Waals surface area contributed by atoms with Crippen LogP contribution in [-0.2, 0) is 0 Å². The van der Waals surface area contributed by atoms with Crippen LogP contribution in [0.3, 0.4) is 0 Å². The molecule has 98 valence electrons. The van der Waals surface area contributed by atoms with E-state index in [0.29, 0.717) is 11.8 Å². The Morgan fingerprint density at radius 1 is 1.35 bits per heavy atom. The Morgan fingerprint density at radius 2 is 2.00 bits per heavy atom. The Morgan fingerprint density at radius 3 is 2.59 bits per heavy atom. The minimum Gasteiger partial charge on any atom is -0.390 e. The second kappa shape index (κ2) is 4.10. The second-order valence-corrected chi connectivity index (χ2v) is 6.89. The van der Waals surface area contributed by atoms with Gasteiger partial charge in [-0.05, 0) is 71.1 Å². The van der Waals surface area contributed by atoms with Crippen LogP contribution in [0.25, 0.3) is 0 Å². The molecule has 0 aromatic rings. The summed E-state index contributed by atoms with van der Waals surface area (Å²) in [5, 5.41) is 20.9. The van der Waals surface area contributed by atoms with Crippen molar-refractivity contribution in [2.24, 2.45) is 17.8 Å². The Balaban J connectivity index is 2.32. The fraction of sp³-hybridized carbons (Fsp3) is 0.867. The van der Waals surface area contributed by atoms with Crippen LogP contribution in [0.4, 0.5) is 0 Å². The first-order valence-corrected chi connectivity index (χ1v) is 6.84. The lowest BCUT2D eigenvalue weighted by molar-refractivity contribution is -0.116. The molecule has 0 amide bonds. The van der Waals surface area contributed by atoms with Crippen molar-refractivity contribution in [3.8, 4) is 0 Å². The highest BCUT2D eigenvalue weighted by molar-refractivity contribution is 5.15. The third-order valence-electron chi connectivity index (χ3n) is 4.92. The Hall–Kier alpha value is -0.340. The van der Waals surface area contributed by atoms with Crippen LogP contribution < -0.4 is 0 Å². The van der Waals surface area contributed by atoms with E-state index in [1.165, 1.54) is 5.57 Å². The standard InChI is InChI=1S/C15H26O2/c1-10-5-6-13-11(9-10)12(14(2,3)16)7-8-15(13,4)17/h9,11-13,16-17H,5-8H2,1-4H3/t11-,12+,13-,15-/m1/s1. The SMILES string of the molecule is CC1=C[C@H]2[C@@H](CC1)[C@](C)(O)CC[C@@H]2C(C)(C)O. The normalized spacial score (nSPS) is 42.9. The number of fused-ring (bicyclic) bond motifs is 1. The molecule has 0 spiro atoms. The summed E-state index contributed by atoms with van der Waals surface area (Å²) < 4.78 is 0. The molecule has 17 heavy (non-hydrogen) atoms. The third-order valence-corrected chi connectivity index (χ3v) is 4.92. The van der Waals surface area contributed by atoms with E-state index in [2.05, 4.69) is 13.0 Å². The van der Waals surface area contributed by atoms with E-state index < -0.39 is 11.2 Å². The van der Waals surface area contributed by atoms with Crippen molar-refractivity contribution in [1.29, 1.82) is 0 Å². The van der Waals surface area contributed by atoms with Crippen LogP contribution >= 0.6 is 0 Å². The van der Waals surface area contributed by atoms with E-state index in [4.69, 9.17) is 0 Å². The van der Waals surface area contributed by atoms with Gasteiger partial charge in [0.15, 0.2) is 0 Å². The van der Waals surface area contributed by atoms with Gasteiger partial charge in [0.2, 0.25) is 0 Å². The van der Waals surface area contributed by atoms with Crippen molar-refractivity contribution in [3.05, 3.63) is 11.6 Å². The Bertz CT molecular complexity index is 322. The van der Waals surface area contributed by atoms with Gasteiger partial charge in [0, 0.05) is 0 Å². The van der Waals surface area contributed by atoms with Gasteiger partial charge in [-0.2, -0.15) is 0 Å². The van der Waals surface area contributed by atoms with Crippen LogP contribution in [0.5, 0.6) is 0 Å². The second-order valence-electron chi connectivity index (χ2n) is 6.89. The summed E-state index contributed by atoms with van der Waals surface area (Å²) in [7, 11) is 0. The third kappa shape index (κ3) is 2.43. The average Bonchev–Trinajstić information content (AvgIpc) is 2.14. The van der Waals surface area contributed by atoms with E-state index >= 15 is 0 Å². The van der Waals surface area contributed by atoms with Gasteiger partial charge in [-0.25, -0.2) is 0 Å². The number of hydrogen-bond donors (Lipinski definition) is 2. The van der Waals surface area contributed by atoms with Gasteiger partial charge in [0.1, 0.15) is 0 Å². The largest absolute Gasteiger partial charge is 0.390 e. The van der Waals surface area contributed by atoms with Crippen molar-refractivity contribution in [2.75, 3.05) is 0 Å². The summed E-state index contributed by atoms with van der Waals surface area (Å²) in [6.45, 7) is 7.96. The smallest absolute Gasteiger partial charge is 0.0653 e. The highest BCUT2D eigenvalue weighted by atomic mass is 16.3. The lowest BCUT2D eigenvalue weighted by Crippen LogP contribution is -2.52. The molecule has 1 fully saturated rings. The van der Waals surface area contributed by atoms with Crippen LogP contribution in [0.15, 0.2) is 11.6 Å². The zero-order valence-electron chi connectivity index (χ0n) is 11.5. The van der Waals surface area contributed by atoms with Crippen LogP contribution in [-0.4, -0.2) is 21.4 Å². The molecule has 2 heteroatoms. The summed E-state index contributed by atoms with van der Waals surface area (Å²) in [6, 6.07) is 0. The van der Waals surface area contributed by atoms with Crippen LogP contribution in [0.1, 0.15) is 53.4 Å². The van der Waals surface area contributed by atoms with Crippen LogP contribution in [0.2, 0.25) is 0 Å². The van der Waals surface area contributed by atoms with Crippen molar-refractivity contribution in [2.45, 2.75) is 64.6 Å². The predicted molar refractivity (Wildman–Crippen MR) is 69.6 cm³/mol. The first-order chi connectivity index (χ1) is 7.72. The lowest BCUT2D eigenvalue weighted by atomic mass is 9.57. The number of hydrogen-bond acceptors (Lipinski definition) is 2. The molecule has 4 atom stereocenters. The highest BCUT2D eigenvalue weighted by Gasteiger charge is 2.49. The summed E-state index contributed by atoms with van der Waals surface area (Å²) in [5.74, 6) is 0.937. The molecule has 0 saturated heterocycles. The van der Waals surface area contributed by atoms with Gasteiger partial charge < -0.3 is 10.2 Å². The van der Waals surface area contributed by atoms with Crippen molar-refractivity contribution in [1.82, 2.24) is 0 Å². The van der Waals surface area contributed by atoms with Gasteiger partial charge in [0.05, 0.1) is 11.2 Å². The first kappa shape index (κ1) is 13.1. The molecule has 2 rings (SSSR count). The molecule has 0 bridgehead atoms. The Labute approximate surface area is 105 Å². The predicted octanol–water partition coefficient (Wildman–Crippen LogP) is 2.89. The molecule has 0 heterocycles. The van der Waals surface area contributed by atoms with Gasteiger partial charge in [-0.15, -0.1) is 0 Å². The van der Waals surface area contributed by atoms with Gasteiger partial charge >= 0.3 is 0 Å². The molecule has 0 aromatic heterocycles. The number of rotatable bonds is 1. The number of allylic oxidation sites excluding steroid dienone is 2. The van der Waals surface area contributed by atoms with Gasteiger partial charge in [-0.1, -0.05) is 11.6 Å². The van der Waals surface area contributed by atoms with E-state index in [9.17, 15) is 10.2 Å². The molecular weight excluding hydrogens is 212 g/mol. The zero-order valence-corrected chi connectivity index (χ0v) is 11.5. The zero-order chi connectivity index (χ0) is 12.8. The summed E-state index contributed by atoms with van der Waals surface area (Å²) in [4.78, 5) is 0. The number of aliphatic hydroxyl groups is 2. The monoisotopic (exact) mass is 238 g/mol. The molecule has 0 aromatic carbocycles.